The minimum absolute atomic E-state index is 0.135. The Morgan fingerprint density at radius 2 is 1.78 bits per heavy atom. The van der Waals surface area contributed by atoms with Gasteiger partial charge in [0.05, 0.1) is 5.56 Å². The predicted octanol–water partition coefficient (Wildman–Crippen LogP) is 3.69. The maximum atomic E-state index is 12.1. The molecule has 0 fully saturated rings. The third-order valence-electron chi connectivity index (χ3n) is 3.75. The number of hydrogen-bond acceptors (Lipinski definition) is 3. The first-order valence-electron chi connectivity index (χ1n) is 7.33. The third-order valence-corrected chi connectivity index (χ3v) is 4.09. The number of thiol groups is 1. The summed E-state index contributed by atoms with van der Waals surface area (Å²) in [5.74, 6) is -0.497. The van der Waals surface area contributed by atoms with Crippen LogP contribution in [0.5, 0.6) is 0 Å². The fourth-order valence-corrected chi connectivity index (χ4v) is 2.73. The molecule has 120 valence electrons. The minimum Gasteiger partial charge on any atom is -0.478 e. The average molecular weight is 329 g/mol. The summed E-state index contributed by atoms with van der Waals surface area (Å²) in [5, 5.41) is 11.9. The Kier molecular flexibility index (Phi) is 5.82. The van der Waals surface area contributed by atoms with Gasteiger partial charge in [-0.25, -0.2) is 4.79 Å². The van der Waals surface area contributed by atoms with Crippen molar-refractivity contribution in [2.45, 2.75) is 25.5 Å². The van der Waals surface area contributed by atoms with Crippen LogP contribution in [0.3, 0.4) is 0 Å². The molecular formula is C18H19NO3S. The fraction of sp³-hybridized carbons (Fsp3) is 0.222. The number of benzene rings is 2. The molecule has 0 aliphatic heterocycles. The standard InChI is InChI=1S/C18H19NO3S/c1-12-15(18(21)22)7-4-8-16(12)19-17(20)10-9-13-5-2-3-6-14(13)11-23/h2-8,23H,9-11H2,1H3,(H,19,20)(H,21,22). The van der Waals surface area contributed by atoms with Crippen LogP contribution in [-0.2, 0) is 17.0 Å². The van der Waals surface area contributed by atoms with E-state index in [1.807, 2.05) is 24.3 Å². The van der Waals surface area contributed by atoms with Crippen molar-refractivity contribution in [1.82, 2.24) is 0 Å². The number of aromatic carboxylic acids is 1. The Labute approximate surface area is 141 Å². The second kappa shape index (κ2) is 7.83. The van der Waals surface area contributed by atoms with Gasteiger partial charge in [0.15, 0.2) is 0 Å². The van der Waals surface area contributed by atoms with Gasteiger partial charge in [-0.05, 0) is 42.2 Å². The number of carboxylic acid groups (broad SMARTS) is 1. The van der Waals surface area contributed by atoms with E-state index >= 15 is 0 Å². The van der Waals surface area contributed by atoms with Crippen LogP contribution >= 0.6 is 12.6 Å². The van der Waals surface area contributed by atoms with Gasteiger partial charge in [0.2, 0.25) is 5.91 Å². The SMILES string of the molecule is Cc1c(NC(=O)CCc2ccccc2CS)cccc1C(=O)O. The van der Waals surface area contributed by atoms with E-state index in [1.54, 1.807) is 19.1 Å². The Bertz CT molecular complexity index is 728. The summed E-state index contributed by atoms with van der Waals surface area (Å²) in [5.41, 5.74) is 3.52. The quantitative estimate of drug-likeness (QED) is 0.708. The van der Waals surface area contributed by atoms with Crippen molar-refractivity contribution in [3.8, 4) is 0 Å². The van der Waals surface area contributed by atoms with Gasteiger partial charge in [0.25, 0.3) is 0 Å². The molecule has 0 spiro atoms. The number of amides is 1. The highest BCUT2D eigenvalue weighted by Crippen LogP contribution is 2.20. The number of carboxylic acids is 1. The normalized spacial score (nSPS) is 10.3. The van der Waals surface area contributed by atoms with E-state index in [0.29, 0.717) is 29.8 Å². The number of rotatable bonds is 6. The van der Waals surface area contributed by atoms with Crippen LogP contribution in [-0.4, -0.2) is 17.0 Å². The van der Waals surface area contributed by atoms with Crippen molar-refractivity contribution < 1.29 is 14.7 Å². The molecule has 2 rings (SSSR count). The third kappa shape index (κ3) is 4.36. The molecule has 2 aromatic rings. The molecule has 23 heavy (non-hydrogen) atoms. The first-order chi connectivity index (χ1) is 11.0. The van der Waals surface area contributed by atoms with E-state index in [2.05, 4.69) is 17.9 Å². The molecule has 0 aliphatic rings. The molecule has 2 aromatic carbocycles. The van der Waals surface area contributed by atoms with E-state index in [4.69, 9.17) is 5.11 Å². The summed E-state index contributed by atoms with van der Waals surface area (Å²) in [7, 11) is 0. The van der Waals surface area contributed by atoms with Crippen molar-refractivity contribution in [2.24, 2.45) is 0 Å². The number of carbonyl (C=O) groups is 2. The van der Waals surface area contributed by atoms with Gasteiger partial charge >= 0.3 is 5.97 Å². The summed E-state index contributed by atoms with van der Waals surface area (Å²) in [6.07, 6.45) is 0.960. The molecule has 5 heteroatoms. The van der Waals surface area contributed by atoms with Crippen molar-refractivity contribution in [3.63, 3.8) is 0 Å². The van der Waals surface area contributed by atoms with Crippen molar-refractivity contribution in [3.05, 3.63) is 64.7 Å². The highest BCUT2D eigenvalue weighted by Gasteiger charge is 2.12. The van der Waals surface area contributed by atoms with Crippen LogP contribution in [0, 0.1) is 6.92 Å². The highest BCUT2D eigenvalue weighted by atomic mass is 32.1. The molecule has 0 aliphatic carbocycles. The average Bonchev–Trinajstić information content (AvgIpc) is 2.54. The molecule has 0 aromatic heterocycles. The van der Waals surface area contributed by atoms with E-state index in [0.717, 1.165) is 11.1 Å². The van der Waals surface area contributed by atoms with Gasteiger partial charge in [-0.3, -0.25) is 4.79 Å². The molecule has 0 radical (unpaired) electrons. The maximum absolute atomic E-state index is 12.1. The van der Waals surface area contributed by atoms with Gasteiger partial charge in [0.1, 0.15) is 0 Å². The summed E-state index contributed by atoms with van der Waals surface area (Å²) < 4.78 is 0. The minimum atomic E-state index is -0.999. The monoisotopic (exact) mass is 329 g/mol. The fourth-order valence-electron chi connectivity index (χ4n) is 2.42. The molecule has 0 unspecified atom stereocenters. The zero-order valence-corrected chi connectivity index (χ0v) is 13.8. The van der Waals surface area contributed by atoms with Crippen LogP contribution in [0.4, 0.5) is 5.69 Å². The van der Waals surface area contributed by atoms with Gasteiger partial charge in [-0.15, -0.1) is 0 Å². The van der Waals surface area contributed by atoms with Crippen molar-refractivity contribution in [1.29, 1.82) is 0 Å². The molecule has 4 nitrogen and oxygen atoms in total. The first-order valence-corrected chi connectivity index (χ1v) is 7.96. The van der Waals surface area contributed by atoms with Crippen LogP contribution in [0.25, 0.3) is 0 Å². The number of hydrogen-bond donors (Lipinski definition) is 3. The van der Waals surface area contributed by atoms with E-state index < -0.39 is 5.97 Å². The zero-order valence-electron chi connectivity index (χ0n) is 12.9. The zero-order chi connectivity index (χ0) is 16.8. The molecule has 0 bridgehead atoms. The van der Waals surface area contributed by atoms with Crippen molar-refractivity contribution >= 4 is 30.2 Å². The summed E-state index contributed by atoms with van der Waals surface area (Å²) in [6, 6.07) is 12.8. The Morgan fingerprint density at radius 3 is 2.43 bits per heavy atom. The Balaban J connectivity index is 2.03. The lowest BCUT2D eigenvalue weighted by atomic mass is 10.0. The molecule has 0 saturated carbocycles. The molecule has 0 atom stereocenters. The van der Waals surface area contributed by atoms with Gasteiger partial charge < -0.3 is 10.4 Å². The lowest BCUT2D eigenvalue weighted by Crippen LogP contribution is -2.14. The summed E-state index contributed by atoms with van der Waals surface area (Å²) in [4.78, 5) is 23.3. The van der Waals surface area contributed by atoms with Gasteiger partial charge in [-0.2, -0.15) is 12.6 Å². The van der Waals surface area contributed by atoms with Crippen LogP contribution in [0.1, 0.15) is 33.5 Å². The molecule has 0 saturated heterocycles. The van der Waals surface area contributed by atoms with Crippen LogP contribution in [0.2, 0.25) is 0 Å². The highest BCUT2D eigenvalue weighted by molar-refractivity contribution is 7.79. The maximum Gasteiger partial charge on any atom is 0.336 e. The number of carbonyl (C=O) groups excluding carboxylic acids is 1. The predicted molar refractivity (Wildman–Crippen MR) is 94.2 cm³/mol. The van der Waals surface area contributed by atoms with Crippen LogP contribution in [0.15, 0.2) is 42.5 Å². The molecule has 2 N–H and O–H groups in total. The largest absolute Gasteiger partial charge is 0.478 e. The van der Waals surface area contributed by atoms with Crippen molar-refractivity contribution in [2.75, 3.05) is 5.32 Å². The van der Waals surface area contributed by atoms with Crippen LogP contribution < -0.4 is 5.32 Å². The second-order valence-corrected chi connectivity index (χ2v) is 5.57. The summed E-state index contributed by atoms with van der Waals surface area (Å²) in [6.45, 7) is 1.69. The lowest BCUT2D eigenvalue weighted by Gasteiger charge is -2.11. The van der Waals surface area contributed by atoms with E-state index in [9.17, 15) is 9.59 Å². The molecule has 1 amide bonds. The van der Waals surface area contributed by atoms with Gasteiger partial charge in [0, 0.05) is 17.9 Å². The second-order valence-electron chi connectivity index (χ2n) is 5.26. The molecular weight excluding hydrogens is 310 g/mol. The Hall–Kier alpha value is -2.27. The van der Waals surface area contributed by atoms with E-state index in [1.165, 1.54) is 6.07 Å². The van der Waals surface area contributed by atoms with E-state index in [-0.39, 0.29) is 11.5 Å². The molecule has 0 heterocycles. The topological polar surface area (TPSA) is 66.4 Å². The Morgan fingerprint density at radius 1 is 1.09 bits per heavy atom. The lowest BCUT2D eigenvalue weighted by molar-refractivity contribution is -0.116. The first kappa shape index (κ1) is 17.1. The smallest absolute Gasteiger partial charge is 0.336 e. The number of nitrogens with one attached hydrogen (secondary N) is 1. The van der Waals surface area contributed by atoms with Gasteiger partial charge in [-0.1, -0.05) is 30.3 Å². The number of aryl methyl sites for hydroxylation is 1. The summed E-state index contributed by atoms with van der Waals surface area (Å²) >= 11 is 4.29. The number of anilines is 1.